The third kappa shape index (κ3) is 4.03. The summed E-state index contributed by atoms with van der Waals surface area (Å²) in [6.45, 7) is 9.93. The van der Waals surface area contributed by atoms with E-state index in [4.69, 9.17) is 0 Å². The predicted molar refractivity (Wildman–Crippen MR) is 112 cm³/mol. The van der Waals surface area contributed by atoms with Crippen molar-refractivity contribution < 1.29 is 0 Å². The highest BCUT2D eigenvalue weighted by atomic mass is 15.0. The Hall–Kier alpha value is -0.0400. The standard InChI is InChI=1S/C25H45N/c1-16(2)24(15-19-6-5-7-19)21-13-20(14-21)12-18(4)26-25-11-10-23(25)22-9-8-17(22)3/h16-26H,5-15H2,1-4H3. The molecule has 6 unspecified atom stereocenters. The van der Waals surface area contributed by atoms with Gasteiger partial charge in [0.2, 0.25) is 0 Å². The zero-order valence-electron chi connectivity index (χ0n) is 18.1. The van der Waals surface area contributed by atoms with Gasteiger partial charge in [0.15, 0.2) is 0 Å². The number of nitrogens with one attached hydrogen (secondary N) is 1. The summed E-state index contributed by atoms with van der Waals surface area (Å²) in [6.07, 6.45) is 16.6. The van der Waals surface area contributed by atoms with E-state index >= 15 is 0 Å². The molecule has 0 aromatic rings. The van der Waals surface area contributed by atoms with Gasteiger partial charge >= 0.3 is 0 Å². The Labute approximate surface area is 163 Å². The molecule has 0 aromatic carbocycles. The normalized spacial score (nSPS) is 42.3. The number of hydrogen-bond donors (Lipinski definition) is 1. The average Bonchev–Trinajstić information content (AvgIpc) is 2.50. The van der Waals surface area contributed by atoms with Gasteiger partial charge in [0.1, 0.15) is 0 Å². The second kappa shape index (κ2) is 8.14. The molecular formula is C25H45N. The Kier molecular flexibility index (Phi) is 6.04. The minimum absolute atomic E-state index is 0.744. The summed E-state index contributed by atoms with van der Waals surface area (Å²) in [5.74, 6) is 8.17. The fourth-order valence-corrected chi connectivity index (χ4v) is 6.96. The lowest BCUT2D eigenvalue weighted by molar-refractivity contribution is 0.0235. The molecule has 0 aromatic heterocycles. The first kappa shape index (κ1) is 19.3. The maximum atomic E-state index is 4.05. The average molecular weight is 360 g/mol. The SMILES string of the molecule is CC(CC1CC(C(CC2CCC2)C(C)C)C1)NC1CCC1C1CCC1C. The van der Waals surface area contributed by atoms with Crippen molar-refractivity contribution in [2.75, 3.05) is 0 Å². The molecule has 4 rings (SSSR count). The van der Waals surface area contributed by atoms with Crippen LogP contribution in [-0.4, -0.2) is 12.1 Å². The third-order valence-electron chi connectivity index (χ3n) is 9.31. The first-order chi connectivity index (χ1) is 12.5. The smallest absolute Gasteiger partial charge is 0.0101 e. The molecule has 1 N–H and O–H groups in total. The second-order valence-electron chi connectivity index (χ2n) is 11.4. The lowest BCUT2D eigenvalue weighted by atomic mass is 9.59. The highest BCUT2D eigenvalue weighted by molar-refractivity contribution is 4.97. The van der Waals surface area contributed by atoms with E-state index < -0.39 is 0 Å². The minimum Gasteiger partial charge on any atom is -0.311 e. The zero-order valence-corrected chi connectivity index (χ0v) is 18.1. The topological polar surface area (TPSA) is 12.0 Å². The van der Waals surface area contributed by atoms with Crippen LogP contribution in [0, 0.1) is 47.3 Å². The van der Waals surface area contributed by atoms with Gasteiger partial charge in [-0.1, -0.05) is 46.5 Å². The van der Waals surface area contributed by atoms with Gasteiger partial charge in [0.05, 0.1) is 0 Å². The van der Waals surface area contributed by atoms with Crippen molar-refractivity contribution in [2.24, 2.45) is 47.3 Å². The van der Waals surface area contributed by atoms with Crippen LogP contribution in [0.2, 0.25) is 0 Å². The molecule has 0 spiro atoms. The molecule has 0 heterocycles. The van der Waals surface area contributed by atoms with Gasteiger partial charge in [0.25, 0.3) is 0 Å². The second-order valence-corrected chi connectivity index (χ2v) is 11.4. The lowest BCUT2D eigenvalue weighted by Gasteiger charge is -2.51. The molecule has 4 aliphatic rings. The summed E-state index contributed by atoms with van der Waals surface area (Å²) in [7, 11) is 0. The van der Waals surface area contributed by atoms with Gasteiger partial charge in [-0.25, -0.2) is 0 Å². The molecule has 4 aliphatic carbocycles. The summed E-state index contributed by atoms with van der Waals surface area (Å²) < 4.78 is 0. The van der Waals surface area contributed by atoms with Crippen LogP contribution in [0.15, 0.2) is 0 Å². The first-order valence-electron chi connectivity index (χ1n) is 12.3. The molecule has 26 heavy (non-hydrogen) atoms. The van der Waals surface area contributed by atoms with Gasteiger partial charge in [0, 0.05) is 12.1 Å². The van der Waals surface area contributed by atoms with Gasteiger partial charge in [-0.05, 0) is 99.2 Å². The maximum absolute atomic E-state index is 4.05. The van der Waals surface area contributed by atoms with Crippen molar-refractivity contribution in [2.45, 2.75) is 110 Å². The Morgan fingerprint density at radius 1 is 0.808 bits per heavy atom. The number of rotatable bonds is 9. The van der Waals surface area contributed by atoms with E-state index in [0.29, 0.717) is 0 Å². The van der Waals surface area contributed by atoms with E-state index in [9.17, 15) is 0 Å². The Morgan fingerprint density at radius 3 is 2.00 bits per heavy atom. The highest BCUT2D eigenvalue weighted by Crippen LogP contribution is 2.49. The molecule has 1 nitrogen and oxygen atoms in total. The zero-order chi connectivity index (χ0) is 18.3. The van der Waals surface area contributed by atoms with E-state index in [1.54, 1.807) is 6.42 Å². The van der Waals surface area contributed by atoms with E-state index in [1.165, 1.54) is 64.2 Å². The molecule has 4 fully saturated rings. The van der Waals surface area contributed by atoms with Crippen molar-refractivity contribution in [3.05, 3.63) is 0 Å². The molecule has 0 radical (unpaired) electrons. The Morgan fingerprint density at radius 2 is 1.54 bits per heavy atom. The van der Waals surface area contributed by atoms with Crippen molar-refractivity contribution in [1.29, 1.82) is 0 Å². The molecule has 150 valence electrons. The van der Waals surface area contributed by atoms with Gasteiger partial charge in [-0.3, -0.25) is 0 Å². The van der Waals surface area contributed by atoms with Crippen LogP contribution in [0.5, 0.6) is 0 Å². The largest absolute Gasteiger partial charge is 0.311 e. The summed E-state index contributed by atoms with van der Waals surface area (Å²) in [5, 5.41) is 4.05. The first-order valence-corrected chi connectivity index (χ1v) is 12.3. The Balaban J connectivity index is 1.16. The van der Waals surface area contributed by atoms with Crippen LogP contribution in [0.25, 0.3) is 0 Å². The van der Waals surface area contributed by atoms with Crippen LogP contribution >= 0.6 is 0 Å². The van der Waals surface area contributed by atoms with Crippen molar-refractivity contribution in [3.8, 4) is 0 Å². The third-order valence-corrected chi connectivity index (χ3v) is 9.31. The van der Waals surface area contributed by atoms with Crippen molar-refractivity contribution in [1.82, 2.24) is 5.32 Å². The van der Waals surface area contributed by atoms with Crippen molar-refractivity contribution in [3.63, 3.8) is 0 Å². The summed E-state index contributed by atoms with van der Waals surface area (Å²) in [5.41, 5.74) is 0. The van der Waals surface area contributed by atoms with Gasteiger partial charge in [-0.15, -0.1) is 0 Å². The van der Waals surface area contributed by atoms with Crippen LogP contribution in [-0.2, 0) is 0 Å². The van der Waals surface area contributed by atoms with Crippen LogP contribution in [0.4, 0.5) is 0 Å². The van der Waals surface area contributed by atoms with E-state index in [-0.39, 0.29) is 0 Å². The maximum Gasteiger partial charge on any atom is 0.0101 e. The highest BCUT2D eigenvalue weighted by Gasteiger charge is 2.44. The molecule has 0 bridgehead atoms. The van der Waals surface area contributed by atoms with E-state index in [2.05, 4.69) is 33.0 Å². The Bertz CT molecular complexity index is 447. The quantitative estimate of drug-likeness (QED) is 0.485. The molecule has 1 heteroatoms. The molecule has 0 aliphatic heterocycles. The summed E-state index contributed by atoms with van der Waals surface area (Å²) >= 11 is 0. The molecular weight excluding hydrogens is 314 g/mol. The van der Waals surface area contributed by atoms with E-state index in [1.807, 2.05) is 0 Å². The molecule has 0 saturated heterocycles. The fourth-order valence-electron chi connectivity index (χ4n) is 6.96. The van der Waals surface area contributed by atoms with E-state index in [0.717, 1.165) is 59.4 Å². The minimum atomic E-state index is 0.744. The molecule has 0 amide bonds. The predicted octanol–water partition coefficient (Wildman–Crippen LogP) is 6.67. The van der Waals surface area contributed by atoms with Crippen molar-refractivity contribution >= 4 is 0 Å². The summed E-state index contributed by atoms with van der Waals surface area (Å²) in [6, 6.07) is 1.60. The van der Waals surface area contributed by atoms with Crippen LogP contribution in [0.1, 0.15) is 98.3 Å². The fraction of sp³-hybridized carbons (Fsp3) is 1.00. The summed E-state index contributed by atoms with van der Waals surface area (Å²) in [4.78, 5) is 0. The number of hydrogen-bond acceptors (Lipinski definition) is 1. The van der Waals surface area contributed by atoms with Crippen LogP contribution in [0.3, 0.4) is 0 Å². The van der Waals surface area contributed by atoms with Crippen LogP contribution < -0.4 is 5.32 Å². The van der Waals surface area contributed by atoms with Gasteiger partial charge < -0.3 is 5.32 Å². The van der Waals surface area contributed by atoms with Gasteiger partial charge in [-0.2, -0.15) is 0 Å². The molecule has 4 saturated carbocycles. The molecule has 6 atom stereocenters. The monoisotopic (exact) mass is 359 g/mol. The lowest BCUT2D eigenvalue weighted by Crippen LogP contribution is -2.53.